The van der Waals surface area contributed by atoms with E-state index in [0.29, 0.717) is 17.7 Å². The van der Waals surface area contributed by atoms with Crippen LogP contribution < -0.4 is 10.6 Å². The molecule has 7 nitrogen and oxygen atoms in total. The van der Waals surface area contributed by atoms with Crippen LogP contribution in [0.1, 0.15) is 22.8 Å². The van der Waals surface area contributed by atoms with Crippen LogP contribution in [0.2, 0.25) is 0 Å². The third kappa shape index (κ3) is 4.37. The molecule has 0 aliphatic heterocycles. The summed E-state index contributed by atoms with van der Waals surface area (Å²) >= 11 is 0. The second-order valence-electron chi connectivity index (χ2n) is 6.38. The summed E-state index contributed by atoms with van der Waals surface area (Å²) < 4.78 is 4.70. The summed E-state index contributed by atoms with van der Waals surface area (Å²) in [5.74, 6) is -1.17. The number of esters is 1. The number of methoxy groups -OCH3 is 1. The molecule has 7 heteroatoms. The van der Waals surface area contributed by atoms with Crippen LogP contribution in [-0.2, 0) is 20.7 Å². The van der Waals surface area contributed by atoms with E-state index in [9.17, 15) is 14.4 Å². The highest BCUT2D eigenvalue weighted by Crippen LogP contribution is 2.20. The average Bonchev–Trinajstić information content (AvgIpc) is 3.09. The van der Waals surface area contributed by atoms with E-state index in [4.69, 9.17) is 4.74 Å². The molecular weight excluding hydrogens is 358 g/mol. The van der Waals surface area contributed by atoms with E-state index in [-0.39, 0.29) is 11.8 Å². The highest BCUT2D eigenvalue weighted by molar-refractivity contribution is 5.99. The quantitative estimate of drug-likeness (QED) is 0.573. The van der Waals surface area contributed by atoms with Gasteiger partial charge in [0.05, 0.1) is 12.7 Å². The Labute approximate surface area is 162 Å². The van der Waals surface area contributed by atoms with Crippen LogP contribution in [-0.4, -0.2) is 35.9 Å². The van der Waals surface area contributed by atoms with Crippen molar-refractivity contribution in [2.45, 2.75) is 19.4 Å². The lowest BCUT2D eigenvalue weighted by Gasteiger charge is -2.17. The Bertz CT molecular complexity index is 1030. The summed E-state index contributed by atoms with van der Waals surface area (Å²) in [5, 5.41) is 6.45. The molecule has 0 saturated heterocycles. The zero-order valence-corrected chi connectivity index (χ0v) is 15.6. The summed E-state index contributed by atoms with van der Waals surface area (Å²) in [4.78, 5) is 39.3. The van der Waals surface area contributed by atoms with Gasteiger partial charge in [0.1, 0.15) is 6.04 Å². The third-order valence-corrected chi connectivity index (χ3v) is 4.34. The van der Waals surface area contributed by atoms with Crippen molar-refractivity contribution in [3.05, 3.63) is 65.9 Å². The molecule has 2 aromatic carbocycles. The van der Waals surface area contributed by atoms with Gasteiger partial charge in [-0.3, -0.25) is 9.59 Å². The number of aromatic amines is 1. The number of para-hydroxylation sites is 1. The molecular formula is C21H21N3O4. The van der Waals surface area contributed by atoms with Crippen molar-refractivity contribution < 1.29 is 19.1 Å². The number of carbonyl (C=O) groups is 3. The predicted octanol–water partition coefficient (Wildman–Crippen LogP) is 2.64. The van der Waals surface area contributed by atoms with Crippen molar-refractivity contribution in [1.29, 1.82) is 0 Å². The first kappa shape index (κ1) is 19.2. The van der Waals surface area contributed by atoms with Gasteiger partial charge in [0.15, 0.2) is 0 Å². The molecule has 28 heavy (non-hydrogen) atoms. The predicted molar refractivity (Wildman–Crippen MR) is 106 cm³/mol. The first-order valence-electron chi connectivity index (χ1n) is 8.79. The van der Waals surface area contributed by atoms with E-state index >= 15 is 0 Å². The van der Waals surface area contributed by atoms with Gasteiger partial charge < -0.3 is 20.4 Å². The number of hydrogen-bond acceptors (Lipinski definition) is 4. The van der Waals surface area contributed by atoms with Gasteiger partial charge in [0, 0.05) is 36.1 Å². The van der Waals surface area contributed by atoms with Gasteiger partial charge in [-0.2, -0.15) is 0 Å². The number of hydrogen-bond donors (Lipinski definition) is 3. The molecule has 0 aliphatic carbocycles. The number of aromatic nitrogens is 1. The van der Waals surface area contributed by atoms with E-state index in [1.54, 1.807) is 18.2 Å². The van der Waals surface area contributed by atoms with Crippen LogP contribution in [0.3, 0.4) is 0 Å². The number of ether oxygens (including phenoxy) is 1. The summed E-state index contributed by atoms with van der Waals surface area (Å²) in [6.07, 6.45) is 2.16. The number of amides is 2. The van der Waals surface area contributed by atoms with Gasteiger partial charge in [-0.25, -0.2) is 4.79 Å². The second-order valence-corrected chi connectivity index (χ2v) is 6.38. The Morgan fingerprint density at radius 3 is 2.64 bits per heavy atom. The molecule has 0 aliphatic rings. The molecule has 144 valence electrons. The molecule has 0 fully saturated rings. The highest BCUT2D eigenvalue weighted by Gasteiger charge is 2.22. The van der Waals surface area contributed by atoms with Crippen LogP contribution in [0, 0.1) is 0 Å². The lowest BCUT2D eigenvalue weighted by atomic mass is 10.0. The number of anilines is 1. The minimum atomic E-state index is -0.765. The lowest BCUT2D eigenvalue weighted by molar-refractivity contribution is -0.125. The maximum absolute atomic E-state index is 12.8. The topological polar surface area (TPSA) is 100 Å². The van der Waals surface area contributed by atoms with E-state index in [1.807, 2.05) is 30.5 Å². The summed E-state index contributed by atoms with van der Waals surface area (Å²) in [6, 6.07) is 13.4. The molecule has 0 radical (unpaired) electrons. The molecule has 1 unspecified atom stereocenters. The number of H-pyrrole nitrogens is 1. The van der Waals surface area contributed by atoms with Crippen LogP contribution in [0.5, 0.6) is 0 Å². The molecule has 0 saturated carbocycles. The highest BCUT2D eigenvalue weighted by atomic mass is 16.5. The minimum absolute atomic E-state index is 0.302. The normalized spacial score (nSPS) is 11.6. The van der Waals surface area contributed by atoms with Crippen LogP contribution in [0.25, 0.3) is 10.9 Å². The molecule has 1 aromatic heterocycles. The molecule has 0 spiro atoms. The zero-order valence-electron chi connectivity index (χ0n) is 15.6. The van der Waals surface area contributed by atoms with E-state index in [2.05, 4.69) is 15.6 Å². The monoisotopic (exact) mass is 379 g/mol. The Hall–Kier alpha value is -3.61. The third-order valence-electron chi connectivity index (χ3n) is 4.34. The van der Waals surface area contributed by atoms with Crippen LogP contribution in [0.4, 0.5) is 5.69 Å². The molecule has 0 bridgehead atoms. The first-order valence-corrected chi connectivity index (χ1v) is 8.79. The maximum atomic E-state index is 12.8. The Balaban J connectivity index is 1.80. The van der Waals surface area contributed by atoms with Crippen molar-refractivity contribution in [2.24, 2.45) is 0 Å². The SMILES string of the molecule is COC(=O)c1cccc(NC(=O)C(Cc2c[nH]c3ccccc23)NC(C)=O)c1. The molecule has 2 amide bonds. The Kier molecular flexibility index (Phi) is 5.74. The number of rotatable bonds is 6. The van der Waals surface area contributed by atoms with Gasteiger partial charge >= 0.3 is 5.97 Å². The van der Waals surface area contributed by atoms with Crippen molar-refractivity contribution >= 4 is 34.4 Å². The number of carbonyl (C=O) groups excluding carboxylic acids is 3. The number of benzene rings is 2. The second kappa shape index (κ2) is 8.39. The molecule has 3 aromatic rings. The first-order chi connectivity index (χ1) is 13.5. The summed E-state index contributed by atoms with van der Waals surface area (Å²) in [7, 11) is 1.29. The average molecular weight is 379 g/mol. The number of nitrogens with one attached hydrogen (secondary N) is 3. The van der Waals surface area contributed by atoms with Crippen LogP contribution >= 0.6 is 0 Å². The van der Waals surface area contributed by atoms with Gasteiger partial charge in [0.25, 0.3) is 0 Å². The smallest absolute Gasteiger partial charge is 0.337 e. The zero-order chi connectivity index (χ0) is 20.1. The fourth-order valence-electron chi connectivity index (χ4n) is 3.05. The molecule has 1 atom stereocenters. The van der Waals surface area contributed by atoms with Crippen LogP contribution in [0.15, 0.2) is 54.7 Å². The van der Waals surface area contributed by atoms with Crippen molar-refractivity contribution in [3.63, 3.8) is 0 Å². The Morgan fingerprint density at radius 1 is 1.11 bits per heavy atom. The summed E-state index contributed by atoms with van der Waals surface area (Å²) in [6.45, 7) is 1.37. The standard InChI is InChI=1S/C21H21N3O4/c1-13(25)23-19(11-15-12-22-18-9-4-3-8-17(15)18)20(26)24-16-7-5-6-14(10-16)21(27)28-2/h3-10,12,19,22H,11H2,1-2H3,(H,23,25)(H,24,26). The van der Waals surface area contributed by atoms with E-state index < -0.39 is 12.0 Å². The molecule has 3 N–H and O–H groups in total. The Morgan fingerprint density at radius 2 is 1.89 bits per heavy atom. The maximum Gasteiger partial charge on any atom is 0.337 e. The van der Waals surface area contributed by atoms with Gasteiger partial charge in [-0.15, -0.1) is 0 Å². The van der Waals surface area contributed by atoms with Crippen molar-refractivity contribution in [1.82, 2.24) is 10.3 Å². The molecule has 3 rings (SSSR count). The largest absolute Gasteiger partial charge is 0.465 e. The van der Waals surface area contributed by atoms with Crippen molar-refractivity contribution in [3.8, 4) is 0 Å². The van der Waals surface area contributed by atoms with Gasteiger partial charge in [0.2, 0.25) is 11.8 Å². The summed E-state index contributed by atoms with van der Waals surface area (Å²) in [5.41, 5.74) is 2.66. The van der Waals surface area contributed by atoms with Gasteiger partial charge in [-0.05, 0) is 29.8 Å². The lowest BCUT2D eigenvalue weighted by Crippen LogP contribution is -2.44. The fraction of sp³-hybridized carbons (Fsp3) is 0.190. The van der Waals surface area contributed by atoms with Crippen molar-refractivity contribution in [2.75, 3.05) is 12.4 Å². The number of fused-ring (bicyclic) bond motifs is 1. The molecule has 1 heterocycles. The van der Waals surface area contributed by atoms with Gasteiger partial charge in [-0.1, -0.05) is 24.3 Å². The van der Waals surface area contributed by atoms with E-state index in [0.717, 1.165) is 16.5 Å². The minimum Gasteiger partial charge on any atom is -0.465 e. The van der Waals surface area contributed by atoms with E-state index in [1.165, 1.54) is 20.1 Å². The fourth-order valence-corrected chi connectivity index (χ4v) is 3.05.